The molecule has 0 atom stereocenters. The van der Waals surface area contributed by atoms with Crippen molar-refractivity contribution in [2.45, 2.75) is 11.8 Å². The number of anilines is 1. The number of halogens is 1. The Bertz CT molecular complexity index is 622. The Hall–Kier alpha value is -1.38. The van der Waals surface area contributed by atoms with Crippen molar-refractivity contribution in [2.24, 2.45) is 0 Å². The Morgan fingerprint density at radius 1 is 1.28 bits per heavy atom. The lowest BCUT2D eigenvalue weighted by Gasteiger charge is -2.03. The highest BCUT2D eigenvalue weighted by Gasteiger charge is 2.15. The van der Waals surface area contributed by atoms with E-state index in [0.29, 0.717) is 5.76 Å². The molecule has 0 unspecified atom stereocenters. The smallest absolute Gasteiger partial charge is 0.263 e. The van der Waals surface area contributed by atoms with E-state index in [-0.39, 0.29) is 27.7 Å². The molecular weight excluding hydrogens is 322 g/mol. The van der Waals surface area contributed by atoms with Gasteiger partial charge in [0.2, 0.25) is 0 Å². The second kappa shape index (κ2) is 5.51. The van der Waals surface area contributed by atoms with E-state index in [2.05, 4.69) is 15.6 Å². The van der Waals surface area contributed by atoms with Crippen molar-refractivity contribution in [3.63, 3.8) is 0 Å². The number of hydrogen-bond donors (Lipinski definition) is 2. The normalized spacial score (nSPS) is 10.8. The summed E-state index contributed by atoms with van der Waals surface area (Å²) >= 11 is 0. The average Bonchev–Trinajstić information content (AvgIpc) is 2.63. The number of hydrogen-bond acceptors (Lipinski definition) is 4. The quantitative estimate of drug-likeness (QED) is 0.657. The van der Waals surface area contributed by atoms with Crippen LogP contribution in [0.1, 0.15) is 5.76 Å². The second-order valence-corrected chi connectivity index (χ2v) is 5.25. The van der Waals surface area contributed by atoms with Crippen LogP contribution in [0.5, 0.6) is 0 Å². The number of sulfonamides is 1. The van der Waals surface area contributed by atoms with Crippen LogP contribution >= 0.6 is 0 Å². The summed E-state index contributed by atoms with van der Waals surface area (Å²) < 4.78 is 30.9. The van der Waals surface area contributed by atoms with E-state index in [9.17, 15) is 8.42 Å². The molecule has 1 aromatic carbocycles. The summed E-state index contributed by atoms with van der Waals surface area (Å²) in [5.41, 5.74) is 4.44. The number of quaternary nitrogens is 1. The molecule has 6 nitrogen and oxygen atoms in total. The molecule has 98 valence electrons. The van der Waals surface area contributed by atoms with Crippen molar-refractivity contribution in [3.05, 3.63) is 36.1 Å². The first-order valence-corrected chi connectivity index (χ1v) is 6.34. The van der Waals surface area contributed by atoms with Crippen LogP contribution in [0, 0.1) is 6.92 Å². The molecule has 0 saturated heterocycles. The van der Waals surface area contributed by atoms with Gasteiger partial charge in [-0.05, 0) is 19.1 Å². The maximum atomic E-state index is 11.9. The molecule has 2 aromatic rings. The molecule has 1 aromatic heterocycles. The van der Waals surface area contributed by atoms with Gasteiger partial charge in [0.1, 0.15) is 11.4 Å². The van der Waals surface area contributed by atoms with Crippen LogP contribution in [-0.2, 0) is 10.0 Å². The first-order valence-electron chi connectivity index (χ1n) is 4.85. The van der Waals surface area contributed by atoms with Crippen molar-refractivity contribution in [2.75, 3.05) is 4.72 Å². The van der Waals surface area contributed by atoms with Crippen LogP contribution in [0.4, 0.5) is 11.5 Å². The van der Waals surface area contributed by atoms with E-state index in [0.717, 1.165) is 5.69 Å². The van der Waals surface area contributed by atoms with E-state index in [4.69, 9.17) is 4.52 Å². The van der Waals surface area contributed by atoms with Gasteiger partial charge < -0.3 is 27.2 Å². The zero-order valence-corrected chi connectivity index (χ0v) is 12.0. The molecule has 0 aliphatic carbocycles. The van der Waals surface area contributed by atoms with Gasteiger partial charge in [-0.1, -0.05) is 5.16 Å². The lowest BCUT2D eigenvalue weighted by atomic mass is 10.3. The van der Waals surface area contributed by atoms with E-state index in [1.54, 1.807) is 19.1 Å². The Morgan fingerprint density at radius 3 is 2.39 bits per heavy atom. The van der Waals surface area contributed by atoms with Gasteiger partial charge in [0.05, 0.1) is 4.90 Å². The fourth-order valence-electron chi connectivity index (χ4n) is 1.28. The summed E-state index contributed by atoms with van der Waals surface area (Å²) in [7, 11) is -3.62. The molecule has 1 heterocycles. The minimum atomic E-state index is -3.62. The minimum absolute atomic E-state index is 0. The van der Waals surface area contributed by atoms with Crippen molar-refractivity contribution in [1.29, 1.82) is 0 Å². The summed E-state index contributed by atoms with van der Waals surface area (Å²) in [5, 5.41) is 3.57. The fourth-order valence-corrected chi connectivity index (χ4v) is 2.26. The van der Waals surface area contributed by atoms with Gasteiger partial charge in [0, 0.05) is 18.2 Å². The molecule has 0 radical (unpaired) electrons. The molecule has 0 spiro atoms. The van der Waals surface area contributed by atoms with E-state index in [1.807, 2.05) is 0 Å². The number of benzene rings is 1. The standard InChI is InChI=1S/C10H11N3O3S.BrH/c1-7-6-10(12-16-7)13-17(14,15)9-4-2-8(11)3-5-9;/h2-6H,11H2,1H3,(H,12,13);1H. The third kappa shape index (κ3) is 3.31. The van der Waals surface area contributed by atoms with Gasteiger partial charge in [-0.2, -0.15) is 0 Å². The maximum Gasteiger partial charge on any atom is 0.263 e. The van der Waals surface area contributed by atoms with Crippen molar-refractivity contribution >= 4 is 21.5 Å². The summed E-state index contributed by atoms with van der Waals surface area (Å²) in [6, 6.07) is 7.73. The van der Waals surface area contributed by atoms with E-state index < -0.39 is 10.0 Å². The van der Waals surface area contributed by atoms with Crippen LogP contribution < -0.4 is 27.4 Å². The lowest BCUT2D eigenvalue weighted by molar-refractivity contribution is -0.254. The summed E-state index contributed by atoms with van der Waals surface area (Å²) in [6.45, 7) is 1.68. The van der Waals surface area contributed by atoms with Crippen LogP contribution in [0.2, 0.25) is 0 Å². The Labute approximate surface area is 115 Å². The zero-order valence-electron chi connectivity index (χ0n) is 9.55. The molecule has 0 aliphatic rings. The van der Waals surface area contributed by atoms with Crippen LogP contribution in [0.15, 0.2) is 39.8 Å². The molecule has 0 amide bonds. The monoisotopic (exact) mass is 333 g/mol. The van der Waals surface area contributed by atoms with Gasteiger partial charge in [0.25, 0.3) is 10.0 Å². The summed E-state index contributed by atoms with van der Waals surface area (Å²) in [4.78, 5) is 0.158. The first kappa shape index (κ1) is 14.7. The predicted molar refractivity (Wildman–Crippen MR) is 61.0 cm³/mol. The first-order chi connectivity index (χ1) is 7.97. The SMILES string of the molecule is Cc1cc(NS(=O)(=O)c2ccc([NH3+])cc2)no1.[Br-]. The largest absolute Gasteiger partial charge is 1.00 e. The molecular formula is C10H12BrN3O3S. The van der Waals surface area contributed by atoms with E-state index in [1.165, 1.54) is 18.2 Å². The Kier molecular flexibility index (Phi) is 4.49. The molecule has 2 rings (SSSR count). The second-order valence-electron chi connectivity index (χ2n) is 3.57. The summed E-state index contributed by atoms with van der Waals surface area (Å²) in [6.07, 6.45) is 0. The predicted octanol–water partition coefficient (Wildman–Crippen LogP) is -2.34. The Balaban J connectivity index is 0.00000162. The minimum Gasteiger partial charge on any atom is -1.00 e. The summed E-state index contributed by atoms with van der Waals surface area (Å²) in [5.74, 6) is 0.706. The number of rotatable bonds is 3. The van der Waals surface area contributed by atoms with Crippen LogP contribution in [-0.4, -0.2) is 13.6 Å². The van der Waals surface area contributed by atoms with Crippen LogP contribution in [0.3, 0.4) is 0 Å². The van der Waals surface area contributed by atoms with Crippen molar-refractivity contribution in [3.8, 4) is 0 Å². The third-order valence-corrected chi connectivity index (χ3v) is 3.47. The van der Waals surface area contributed by atoms with Crippen LogP contribution in [0.25, 0.3) is 0 Å². The highest BCUT2D eigenvalue weighted by Crippen LogP contribution is 2.16. The molecule has 4 N–H and O–H groups in total. The molecule has 0 fully saturated rings. The van der Waals surface area contributed by atoms with Crippen molar-refractivity contribution < 1.29 is 35.7 Å². The zero-order chi connectivity index (χ0) is 12.5. The van der Waals surface area contributed by atoms with Gasteiger partial charge >= 0.3 is 0 Å². The molecule has 0 aliphatic heterocycles. The molecule has 8 heteroatoms. The number of nitrogens with one attached hydrogen (secondary N) is 1. The Morgan fingerprint density at radius 2 is 1.89 bits per heavy atom. The number of aromatic nitrogens is 1. The van der Waals surface area contributed by atoms with Gasteiger partial charge in [-0.15, -0.1) is 0 Å². The van der Waals surface area contributed by atoms with Gasteiger partial charge in [-0.3, -0.25) is 4.72 Å². The van der Waals surface area contributed by atoms with Crippen molar-refractivity contribution in [1.82, 2.24) is 5.16 Å². The highest BCUT2D eigenvalue weighted by atomic mass is 79.9. The van der Waals surface area contributed by atoms with Gasteiger partial charge in [-0.25, -0.2) is 8.42 Å². The number of aryl methyl sites for hydroxylation is 1. The molecule has 0 bridgehead atoms. The molecule has 0 saturated carbocycles. The molecule has 18 heavy (non-hydrogen) atoms. The van der Waals surface area contributed by atoms with E-state index >= 15 is 0 Å². The lowest BCUT2D eigenvalue weighted by Crippen LogP contribution is -3.00. The third-order valence-electron chi connectivity index (χ3n) is 2.10. The fraction of sp³-hybridized carbons (Fsp3) is 0.100. The highest BCUT2D eigenvalue weighted by molar-refractivity contribution is 7.92. The van der Waals surface area contributed by atoms with Gasteiger partial charge in [0.15, 0.2) is 5.82 Å². The topological polar surface area (TPSA) is 99.8 Å². The maximum absolute atomic E-state index is 11.9. The average molecular weight is 334 g/mol. The number of nitrogens with zero attached hydrogens (tertiary/aromatic N) is 1.